The smallest absolute Gasteiger partial charge is 0.163 e. The molecule has 0 aliphatic heterocycles. The molecule has 1 saturated carbocycles. The lowest BCUT2D eigenvalue weighted by Gasteiger charge is -2.28. The molecule has 4 heteroatoms. The fourth-order valence-electron chi connectivity index (χ4n) is 3.98. The summed E-state index contributed by atoms with van der Waals surface area (Å²) in [5.41, 5.74) is 4.56. The van der Waals surface area contributed by atoms with Crippen molar-refractivity contribution in [2.75, 3.05) is 12.0 Å². The van der Waals surface area contributed by atoms with Crippen LogP contribution in [-0.4, -0.2) is 18.2 Å². The number of benzene rings is 2. The molecule has 29 heavy (non-hydrogen) atoms. The molecule has 0 spiro atoms. The number of ether oxygens (including phenoxy) is 2. The van der Waals surface area contributed by atoms with E-state index in [1.165, 1.54) is 12.8 Å². The van der Waals surface area contributed by atoms with Gasteiger partial charge in [0.25, 0.3) is 0 Å². The van der Waals surface area contributed by atoms with Crippen molar-refractivity contribution in [2.45, 2.75) is 45.3 Å². The number of para-hydroxylation sites is 1. The van der Waals surface area contributed by atoms with E-state index in [9.17, 15) is 0 Å². The van der Waals surface area contributed by atoms with Crippen molar-refractivity contribution in [1.29, 1.82) is 0 Å². The van der Waals surface area contributed by atoms with Crippen LogP contribution in [0.3, 0.4) is 0 Å². The Bertz CT molecular complexity index is 922. The van der Waals surface area contributed by atoms with Crippen molar-refractivity contribution in [2.24, 2.45) is 0 Å². The van der Waals surface area contributed by atoms with Gasteiger partial charge in [0.05, 0.1) is 13.2 Å². The molecule has 0 bridgehead atoms. The van der Waals surface area contributed by atoms with Crippen LogP contribution < -0.4 is 14.4 Å². The summed E-state index contributed by atoms with van der Waals surface area (Å²) in [6.45, 7) is 2.85. The highest BCUT2D eigenvalue weighted by Crippen LogP contribution is 2.40. The first-order valence-electron chi connectivity index (χ1n) is 10.3. The second-order valence-corrected chi connectivity index (χ2v) is 7.60. The van der Waals surface area contributed by atoms with Gasteiger partial charge in [-0.3, -0.25) is 4.98 Å². The van der Waals surface area contributed by atoms with Crippen molar-refractivity contribution in [3.8, 4) is 11.5 Å². The summed E-state index contributed by atoms with van der Waals surface area (Å²) in [6, 6.07) is 18.8. The van der Waals surface area contributed by atoms with E-state index in [4.69, 9.17) is 9.47 Å². The van der Waals surface area contributed by atoms with Crippen molar-refractivity contribution < 1.29 is 9.47 Å². The van der Waals surface area contributed by atoms with Crippen LogP contribution in [0.1, 0.15) is 36.8 Å². The van der Waals surface area contributed by atoms with Gasteiger partial charge in [0, 0.05) is 36.4 Å². The largest absolute Gasteiger partial charge is 0.493 e. The summed E-state index contributed by atoms with van der Waals surface area (Å²) in [6.07, 6.45) is 8.72. The van der Waals surface area contributed by atoms with E-state index in [0.717, 1.165) is 53.4 Å². The van der Waals surface area contributed by atoms with E-state index in [2.05, 4.69) is 59.3 Å². The van der Waals surface area contributed by atoms with Gasteiger partial charge in [0.1, 0.15) is 0 Å². The van der Waals surface area contributed by atoms with Crippen molar-refractivity contribution in [1.82, 2.24) is 4.98 Å². The number of hydrogen-bond acceptors (Lipinski definition) is 4. The Hall–Kier alpha value is -3.01. The number of pyridine rings is 1. The third-order valence-corrected chi connectivity index (χ3v) is 5.50. The van der Waals surface area contributed by atoms with E-state index < -0.39 is 0 Å². The first kappa shape index (κ1) is 19.3. The van der Waals surface area contributed by atoms with Crippen molar-refractivity contribution in [3.63, 3.8) is 0 Å². The molecule has 1 aliphatic carbocycles. The summed E-state index contributed by atoms with van der Waals surface area (Å²) in [5, 5.41) is 0. The van der Waals surface area contributed by atoms with E-state index in [1.54, 1.807) is 7.11 Å². The number of hydrogen-bond donors (Lipinski definition) is 0. The van der Waals surface area contributed by atoms with E-state index >= 15 is 0 Å². The lowest BCUT2D eigenvalue weighted by atomic mass is 10.1. The van der Waals surface area contributed by atoms with Crippen LogP contribution >= 0.6 is 0 Å². The van der Waals surface area contributed by atoms with Crippen molar-refractivity contribution >= 4 is 11.4 Å². The Kier molecular flexibility index (Phi) is 5.99. The standard InChI is InChI=1S/C25H28N2O2/c1-19-15-24(28-2)25(29-22-12-6-7-13-22)16-23(19)27(21-10-4-3-5-11-21)18-20-9-8-14-26-17-20/h3-5,8-11,14-17,22H,6-7,12-13,18H2,1-2H3. The number of aryl methyl sites for hydroxylation is 1. The number of nitrogens with zero attached hydrogens (tertiary/aromatic N) is 2. The molecule has 0 amide bonds. The molecule has 0 N–H and O–H groups in total. The molecule has 1 aliphatic rings. The molecule has 1 heterocycles. The topological polar surface area (TPSA) is 34.6 Å². The molecule has 3 aromatic rings. The molecule has 4 nitrogen and oxygen atoms in total. The summed E-state index contributed by atoms with van der Waals surface area (Å²) >= 11 is 0. The lowest BCUT2D eigenvalue weighted by molar-refractivity contribution is 0.201. The number of rotatable bonds is 7. The van der Waals surface area contributed by atoms with Gasteiger partial charge in [-0.2, -0.15) is 0 Å². The number of aromatic nitrogens is 1. The van der Waals surface area contributed by atoms with E-state index in [1.807, 2.05) is 24.5 Å². The highest BCUT2D eigenvalue weighted by atomic mass is 16.5. The van der Waals surface area contributed by atoms with Gasteiger partial charge in [0.2, 0.25) is 0 Å². The highest BCUT2D eigenvalue weighted by molar-refractivity contribution is 5.70. The first-order valence-corrected chi connectivity index (χ1v) is 10.3. The minimum Gasteiger partial charge on any atom is -0.493 e. The monoisotopic (exact) mass is 388 g/mol. The molecule has 1 aromatic heterocycles. The lowest BCUT2D eigenvalue weighted by Crippen LogP contribution is -2.18. The Morgan fingerprint density at radius 3 is 2.48 bits per heavy atom. The van der Waals surface area contributed by atoms with E-state index in [0.29, 0.717) is 0 Å². The summed E-state index contributed by atoms with van der Waals surface area (Å²) in [4.78, 5) is 6.60. The zero-order valence-electron chi connectivity index (χ0n) is 17.2. The predicted octanol–water partition coefficient (Wildman–Crippen LogP) is 6.06. The van der Waals surface area contributed by atoms with Crippen LogP contribution in [0, 0.1) is 6.92 Å². The maximum atomic E-state index is 6.37. The third kappa shape index (κ3) is 4.53. The molecule has 150 valence electrons. The Morgan fingerprint density at radius 1 is 1.00 bits per heavy atom. The van der Waals surface area contributed by atoms with Gasteiger partial charge in [-0.05, 0) is 68.0 Å². The van der Waals surface area contributed by atoms with Crippen LogP contribution in [-0.2, 0) is 6.54 Å². The van der Waals surface area contributed by atoms with Gasteiger partial charge >= 0.3 is 0 Å². The molecular weight excluding hydrogens is 360 g/mol. The summed E-state index contributed by atoms with van der Waals surface area (Å²) in [5.74, 6) is 1.62. The first-order chi connectivity index (χ1) is 14.2. The van der Waals surface area contributed by atoms with Crippen LogP contribution in [0.5, 0.6) is 11.5 Å². The second-order valence-electron chi connectivity index (χ2n) is 7.60. The van der Waals surface area contributed by atoms with Gasteiger partial charge in [-0.25, -0.2) is 0 Å². The molecule has 0 radical (unpaired) electrons. The molecule has 0 atom stereocenters. The Morgan fingerprint density at radius 2 is 1.79 bits per heavy atom. The van der Waals surface area contributed by atoms with Crippen LogP contribution in [0.4, 0.5) is 11.4 Å². The maximum absolute atomic E-state index is 6.37. The quantitative estimate of drug-likeness (QED) is 0.493. The van der Waals surface area contributed by atoms with Gasteiger partial charge in [-0.15, -0.1) is 0 Å². The third-order valence-electron chi connectivity index (χ3n) is 5.50. The zero-order valence-corrected chi connectivity index (χ0v) is 17.2. The summed E-state index contributed by atoms with van der Waals surface area (Å²) < 4.78 is 12.0. The van der Waals surface area contributed by atoms with Gasteiger partial charge < -0.3 is 14.4 Å². The molecule has 1 fully saturated rings. The second kappa shape index (κ2) is 8.99. The minimum absolute atomic E-state index is 0.281. The van der Waals surface area contributed by atoms with Crippen LogP contribution in [0.15, 0.2) is 67.0 Å². The minimum atomic E-state index is 0.281. The maximum Gasteiger partial charge on any atom is 0.163 e. The Labute approximate surface area is 173 Å². The number of methoxy groups -OCH3 is 1. The van der Waals surface area contributed by atoms with Gasteiger partial charge in [0.15, 0.2) is 11.5 Å². The molecule has 2 aromatic carbocycles. The van der Waals surface area contributed by atoms with Crippen molar-refractivity contribution in [3.05, 3.63) is 78.1 Å². The zero-order chi connectivity index (χ0) is 20.1. The SMILES string of the molecule is COc1cc(C)c(N(Cc2cccnc2)c2ccccc2)cc1OC1CCCC1. The molecule has 0 saturated heterocycles. The van der Waals surface area contributed by atoms with E-state index in [-0.39, 0.29) is 6.10 Å². The van der Waals surface area contributed by atoms with Crippen LogP contribution in [0.25, 0.3) is 0 Å². The molecule has 0 unspecified atom stereocenters. The molecular formula is C25H28N2O2. The fourth-order valence-corrected chi connectivity index (χ4v) is 3.98. The predicted molar refractivity (Wildman–Crippen MR) is 117 cm³/mol. The average Bonchev–Trinajstić information content (AvgIpc) is 3.28. The van der Waals surface area contributed by atoms with Gasteiger partial charge in [-0.1, -0.05) is 24.3 Å². The number of anilines is 2. The highest BCUT2D eigenvalue weighted by Gasteiger charge is 2.21. The summed E-state index contributed by atoms with van der Waals surface area (Å²) in [7, 11) is 1.71. The molecule has 4 rings (SSSR count). The van der Waals surface area contributed by atoms with Crippen LogP contribution in [0.2, 0.25) is 0 Å². The normalized spacial score (nSPS) is 14.0. The Balaban J connectivity index is 1.74. The average molecular weight is 389 g/mol. The fraction of sp³-hybridized carbons (Fsp3) is 0.320.